The largest absolute Gasteiger partial charge is 0.321 e. The summed E-state index contributed by atoms with van der Waals surface area (Å²) in [6.45, 7) is 0. The minimum Gasteiger partial charge on any atom is -0.321 e. The van der Waals surface area contributed by atoms with Crippen LogP contribution in [0.25, 0.3) is 51.0 Å². The van der Waals surface area contributed by atoms with E-state index in [1.54, 1.807) is 16.5 Å². The van der Waals surface area contributed by atoms with Crippen LogP contribution in [0, 0.1) is 0 Å². The van der Waals surface area contributed by atoms with Crippen LogP contribution < -0.4 is 5.73 Å². The predicted molar refractivity (Wildman–Crippen MR) is 132 cm³/mol. The van der Waals surface area contributed by atoms with E-state index in [2.05, 4.69) is 25.4 Å². The maximum Gasteiger partial charge on any atom is 0.252 e. The van der Waals surface area contributed by atoms with Crippen molar-refractivity contribution in [3.05, 3.63) is 78.6 Å². The second-order valence-corrected chi connectivity index (χ2v) is 9.32. The Morgan fingerprint density at radius 1 is 0.838 bits per heavy atom. The molecule has 11 heteroatoms. The third-order valence-corrected chi connectivity index (χ3v) is 6.75. The van der Waals surface area contributed by atoms with Crippen molar-refractivity contribution in [2.24, 2.45) is 5.73 Å². The smallest absolute Gasteiger partial charge is 0.252 e. The number of hydrogen-bond acceptors (Lipinski definition) is 7. The van der Waals surface area contributed by atoms with Gasteiger partial charge in [0.25, 0.3) is 5.92 Å². The van der Waals surface area contributed by atoms with Crippen LogP contribution in [0.2, 0.25) is 0 Å². The number of fused-ring (bicyclic) bond motifs is 3. The first kappa shape index (κ1) is 21.6. The quantitative estimate of drug-likeness (QED) is 0.372. The fraction of sp³-hybridized carbons (Fsp3) is 0.154. The SMILES string of the molecule is NC1(c2ccc(-c3nc4ccc5nnc(-c6ncn[nH]6)n5c4nc3-c3ccccc3)cc2)CC(F)(F)C1. The number of nitrogens with zero attached hydrogens (tertiary/aromatic N) is 7. The highest BCUT2D eigenvalue weighted by atomic mass is 19.3. The molecule has 1 fully saturated rings. The Morgan fingerprint density at radius 2 is 1.57 bits per heavy atom. The van der Waals surface area contributed by atoms with Crippen LogP contribution >= 0.6 is 0 Å². The Bertz CT molecular complexity index is 1750. The average molecular weight is 495 g/mol. The van der Waals surface area contributed by atoms with Gasteiger partial charge in [-0.2, -0.15) is 5.10 Å². The second kappa shape index (κ2) is 7.68. The molecule has 2 aromatic carbocycles. The number of pyridine rings is 1. The zero-order valence-corrected chi connectivity index (χ0v) is 19.3. The standard InChI is InChI=1S/C26H19F2N9/c27-26(28)12-25(29,13-26)17-8-6-16(7-9-17)20-21(15-4-2-1-3-5-15)33-23-18(32-20)10-11-19-34-36-24(37(19)23)22-30-14-31-35-22/h1-11,14H,12-13,29H2,(H,30,31,35). The van der Waals surface area contributed by atoms with Gasteiger partial charge in [0.05, 0.1) is 16.9 Å². The van der Waals surface area contributed by atoms with Gasteiger partial charge < -0.3 is 5.73 Å². The highest BCUT2D eigenvalue weighted by molar-refractivity contribution is 5.86. The number of nitrogens with one attached hydrogen (secondary N) is 1. The van der Waals surface area contributed by atoms with Crippen LogP contribution in [0.5, 0.6) is 0 Å². The van der Waals surface area contributed by atoms with E-state index in [0.29, 0.717) is 45.4 Å². The highest BCUT2D eigenvalue weighted by Gasteiger charge is 2.55. The highest BCUT2D eigenvalue weighted by Crippen LogP contribution is 2.50. The second-order valence-electron chi connectivity index (χ2n) is 9.32. The summed E-state index contributed by atoms with van der Waals surface area (Å²) in [5, 5.41) is 15.3. The number of nitrogens with two attached hydrogens (primary N) is 1. The monoisotopic (exact) mass is 495 g/mol. The van der Waals surface area contributed by atoms with Crippen molar-refractivity contribution in [2.75, 3.05) is 0 Å². The summed E-state index contributed by atoms with van der Waals surface area (Å²) in [5.74, 6) is -1.79. The summed E-state index contributed by atoms with van der Waals surface area (Å²) in [6.07, 6.45) is 0.695. The maximum atomic E-state index is 13.5. The molecule has 4 heterocycles. The zero-order valence-electron chi connectivity index (χ0n) is 19.3. The van der Waals surface area contributed by atoms with E-state index < -0.39 is 11.5 Å². The van der Waals surface area contributed by atoms with Crippen LogP contribution in [0.1, 0.15) is 18.4 Å². The van der Waals surface area contributed by atoms with Gasteiger partial charge in [-0.25, -0.2) is 23.7 Å². The molecule has 0 atom stereocenters. The van der Waals surface area contributed by atoms with Gasteiger partial charge in [-0.05, 0) is 17.7 Å². The van der Waals surface area contributed by atoms with Gasteiger partial charge in [0.1, 0.15) is 11.8 Å². The molecule has 9 nitrogen and oxygen atoms in total. The molecule has 0 amide bonds. The molecule has 4 aromatic heterocycles. The van der Waals surface area contributed by atoms with Crippen molar-refractivity contribution >= 4 is 16.8 Å². The predicted octanol–water partition coefficient (Wildman–Crippen LogP) is 4.37. The number of hydrogen-bond donors (Lipinski definition) is 2. The summed E-state index contributed by atoms with van der Waals surface area (Å²) < 4.78 is 28.9. The summed E-state index contributed by atoms with van der Waals surface area (Å²) in [7, 11) is 0. The molecule has 0 saturated heterocycles. The molecule has 182 valence electrons. The molecule has 37 heavy (non-hydrogen) atoms. The van der Waals surface area contributed by atoms with E-state index in [1.807, 2.05) is 54.6 Å². The lowest BCUT2D eigenvalue weighted by atomic mass is 9.70. The summed E-state index contributed by atoms with van der Waals surface area (Å²) in [4.78, 5) is 14.2. The number of rotatable bonds is 4. The van der Waals surface area contributed by atoms with Crippen molar-refractivity contribution in [3.8, 4) is 34.2 Å². The fourth-order valence-corrected chi connectivity index (χ4v) is 4.98. The maximum absolute atomic E-state index is 13.5. The fourth-order valence-electron chi connectivity index (χ4n) is 4.98. The molecule has 0 spiro atoms. The number of H-pyrrole nitrogens is 1. The Kier molecular flexibility index (Phi) is 4.49. The molecule has 0 aliphatic heterocycles. The first-order chi connectivity index (χ1) is 17.9. The normalized spacial score (nSPS) is 16.2. The number of halogens is 2. The van der Waals surface area contributed by atoms with Gasteiger partial charge in [0.2, 0.25) is 5.82 Å². The van der Waals surface area contributed by atoms with E-state index in [0.717, 1.165) is 11.1 Å². The lowest BCUT2D eigenvalue weighted by Gasteiger charge is -2.44. The van der Waals surface area contributed by atoms with Crippen molar-refractivity contribution in [2.45, 2.75) is 24.3 Å². The average Bonchev–Trinajstić information content (AvgIpc) is 3.57. The Hall–Kier alpha value is -4.64. The van der Waals surface area contributed by atoms with E-state index >= 15 is 0 Å². The third-order valence-electron chi connectivity index (χ3n) is 6.75. The van der Waals surface area contributed by atoms with Gasteiger partial charge in [-0.15, -0.1) is 10.2 Å². The lowest BCUT2D eigenvalue weighted by molar-refractivity contribution is -0.125. The first-order valence-electron chi connectivity index (χ1n) is 11.6. The molecular weight excluding hydrogens is 476 g/mol. The van der Waals surface area contributed by atoms with E-state index in [4.69, 9.17) is 15.7 Å². The molecule has 6 aromatic rings. The van der Waals surface area contributed by atoms with Gasteiger partial charge in [-0.1, -0.05) is 54.6 Å². The summed E-state index contributed by atoms with van der Waals surface area (Å²) >= 11 is 0. The molecule has 0 radical (unpaired) electrons. The summed E-state index contributed by atoms with van der Waals surface area (Å²) in [5.41, 5.74) is 10.7. The van der Waals surface area contributed by atoms with Gasteiger partial charge >= 0.3 is 0 Å². The van der Waals surface area contributed by atoms with Crippen molar-refractivity contribution in [1.29, 1.82) is 0 Å². The lowest BCUT2D eigenvalue weighted by Crippen LogP contribution is -2.55. The van der Waals surface area contributed by atoms with Crippen molar-refractivity contribution in [3.63, 3.8) is 0 Å². The van der Waals surface area contributed by atoms with Crippen molar-refractivity contribution in [1.82, 2.24) is 39.7 Å². The molecule has 1 aliphatic carbocycles. The topological polar surface area (TPSA) is 124 Å². The van der Waals surface area contributed by atoms with E-state index in [9.17, 15) is 8.78 Å². The van der Waals surface area contributed by atoms with E-state index in [-0.39, 0.29) is 12.8 Å². The minimum absolute atomic E-state index is 0.354. The van der Waals surface area contributed by atoms with Crippen LogP contribution in [0.15, 0.2) is 73.1 Å². The molecule has 1 aliphatic rings. The van der Waals surface area contributed by atoms with Crippen LogP contribution in [-0.4, -0.2) is 45.7 Å². The first-order valence-corrected chi connectivity index (χ1v) is 11.6. The molecule has 0 unspecified atom stereocenters. The number of alkyl halides is 2. The number of aromatic amines is 1. The number of aromatic nitrogens is 8. The molecule has 7 rings (SSSR count). The van der Waals surface area contributed by atoms with Crippen molar-refractivity contribution < 1.29 is 8.78 Å². The summed E-state index contributed by atoms with van der Waals surface area (Å²) in [6, 6.07) is 20.7. The Morgan fingerprint density at radius 3 is 2.27 bits per heavy atom. The molecule has 0 bridgehead atoms. The minimum atomic E-state index is -2.71. The Labute approximate surface area is 208 Å². The van der Waals surface area contributed by atoms with Gasteiger partial charge in [-0.3, -0.25) is 9.50 Å². The molecule has 1 saturated carbocycles. The van der Waals surface area contributed by atoms with Crippen LogP contribution in [-0.2, 0) is 5.54 Å². The number of benzene rings is 2. The van der Waals surface area contributed by atoms with Gasteiger partial charge in [0, 0.05) is 24.0 Å². The zero-order chi connectivity index (χ0) is 25.2. The van der Waals surface area contributed by atoms with Crippen LogP contribution in [0.4, 0.5) is 8.78 Å². The molecule has 3 N–H and O–H groups in total. The van der Waals surface area contributed by atoms with Crippen LogP contribution in [0.3, 0.4) is 0 Å². The Balaban J connectivity index is 1.42. The third kappa shape index (κ3) is 3.46. The molecular formula is C26H19F2N9. The van der Waals surface area contributed by atoms with E-state index in [1.165, 1.54) is 6.33 Å². The van der Waals surface area contributed by atoms with Gasteiger partial charge in [0.15, 0.2) is 17.1 Å².